The van der Waals surface area contributed by atoms with Crippen LogP contribution in [0.25, 0.3) is 11.3 Å². The van der Waals surface area contributed by atoms with Gasteiger partial charge in [-0.2, -0.15) is 8.42 Å². The van der Waals surface area contributed by atoms with E-state index in [0.29, 0.717) is 18.8 Å². The van der Waals surface area contributed by atoms with E-state index < -0.39 is 10.0 Å². The number of aliphatic hydroxyl groups is 1. The summed E-state index contributed by atoms with van der Waals surface area (Å²) in [5, 5.41) is 9.24. The van der Waals surface area contributed by atoms with E-state index >= 15 is 0 Å². The molecule has 2 aromatic heterocycles. The number of anilines is 2. The van der Waals surface area contributed by atoms with Crippen molar-refractivity contribution in [3.05, 3.63) is 66.2 Å². The minimum absolute atomic E-state index is 0.0521. The second-order valence-corrected chi connectivity index (χ2v) is 9.51. The second kappa shape index (κ2) is 10.1. The SMILES string of the molecule is O=S1(=O)Nc2cccc(n2)-c2ccccc2CCCCCN(CCCO)c2cccc1n2. The van der Waals surface area contributed by atoms with E-state index in [1.165, 1.54) is 11.6 Å². The Morgan fingerprint density at radius 2 is 1.78 bits per heavy atom. The molecule has 2 N–H and O–H groups in total. The summed E-state index contributed by atoms with van der Waals surface area (Å²) in [6, 6.07) is 18.5. The van der Waals surface area contributed by atoms with Gasteiger partial charge in [-0.1, -0.05) is 42.8 Å². The van der Waals surface area contributed by atoms with Gasteiger partial charge in [0.15, 0.2) is 5.03 Å². The number of nitrogens with zero attached hydrogens (tertiary/aromatic N) is 3. The number of nitrogens with one attached hydrogen (secondary N) is 1. The number of aromatic nitrogens is 2. The number of sulfonamides is 1. The Balaban J connectivity index is 1.74. The van der Waals surface area contributed by atoms with Gasteiger partial charge in [0.05, 0.1) is 5.69 Å². The van der Waals surface area contributed by atoms with Crippen molar-refractivity contribution in [1.82, 2.24) is 9.97 Å². The number of rotatable bonds is 3. The summed E-state index contributed by atoms with van der Waals surface area (Å²) < 4.78 is 28.7. The maximum Gasteiger partial charge on any atom is 0.280 e. The van der Waals surface area contributed by atoms with Gasteiger partial charge in [0.2, 0.25) is 0 Å². The van der Waals surface area contributed by atoms with Gasteiger partial charge in [-0.15, -0.1) is 0 Å². The molecule has 0 saturated carbocycles. The minimum atomic E-state index is -3.91. The van der Waals surface area contributed by atoms with Crippen molar-refractivity contribution >= 4 is 21.7 Å². The van der Waals surface area contributed by atoms with Crippen LogP contribution in [0.2, 0.25) is 0 Å². The van der Waals surface area contributed by atoms with Gasteiger partial charge < -0.3 is 10.0 Å². The van der Waals surface area contributed by atoms with Crippen LogP contribution in [0.5, 0.6) is 0 Å². The minimum Gasteiger partial charge on any atom is -0.396 e. The fourth-order valence-electron chi connectivity index (χ4n) is 3.95. The van der Waals surface area contributed by atoms with E-state index in [-0.39, 0.29) is 17.5 Å². The molecule has 4 rings (SSSR count). The number of benzene rings is 1. The third-order valence-electron chi connectivity index (χ3n) is 5.55. The van der Waals surface area contributed by atoms with Crippen molar-refractivity contribution < 1.29 is 13.5 Å². The maximum atomic E-state index is 13.1. The summed E-state index contributed by atoms with van der Waals surface area (Å²) >= 11 is 0. The molecule has 0 amide bonds. The molecule has 3 heterocycles. The molecule has 8 heteroatoms. The van der Waals surface area contributed by atoms with Crippen LogP contribution in [0.1, 0.15) is 31.2 Å². The number of aliphatic hydroxyl groups excluding tert-OH is 1. The van der Waals surface area contributed by atoms with Crippen molar-refractivity contribution in [1.29, 1.82) is 0 Å². The van der Waals surface area contributed by atoms with Crippen molar-refractivity contribution in [2.45, 2.75) is 37.1 Å². The average Bonchev–Trinajstić information content (AvgIpc) is 2.80. The Kier molecular flexibility index (Phi) is 7.02. The van der Waals surface area contributed by atoms with Crippen LogP contribution in [0.3, 0.4) is 0 Å². The van der Waals surface area contributed by atoms with Gasteiger partial charge >= 0.3 is 0 Å². The Morgan fingerprint density at radius 1 is 0.938 bits per heavy atom. The van der Waals surface area contributed by atoms with Crippen molar-refractivity contribution in [3.63, 3.8) is 0 Å². The van der Waals surface area contributed by atoms with Crippen LogP contribution in [-0.2, 0) is 16.4 Å². The zero-order valence-corrected chi connectivity index (χ0v) is 18.8. The van der Waals surface area contributed by atoms with Crippen LogP contribution in [-0.4, -0.2) is 43.2 Å². The number of aryl methyl sites for hydroxylation is 1. The highest BCUT2D eigenvalue weighted by Gasteiger charge is 2.19. The maximum absolute atomic E-state index is 13.1. The summed E-state index contributed by atoms with van der Waals surface area (Å²) in [6.07, 6.45) is 4.57. The van der Waals surface area contributed by atoms with Crippen LogP contribution < -0.4 is 9.62 Å². The van der Waals surface area contributed by atoms with Gasteiger partial charge in [-0.3, -0.25) is 4.72 Å². The van der Waals surface area contributed by atoms with Gasteiger partial charge in [-0.05, 0) is 55.5 Å². The van der Waals surface area contributed by atoms with Crippen molar-refractivity contribution in [2.75, 3.05) is 29.3 Å². The summed E-state index contributed by atoms with van der Waals surface area (Å²) in [4.78, 5) is 11.1. The fourth-order valence-corrected chi connectivity index (χ4v) is 4.91. The Bertz CT molecular complexity index is 1170. The zero-order valence-electron chi connectivity index (χ0n) is 17.9. The molecule has 7 nitrogen and oxygen atoms in total. The Hall–Kier alpha value is -2.97. The molecule has 4 bridgehead atoms. The lowest BCUT2D eigenvalue weighted by Crippen LogP contribution is -2.28. The normalized spacial score (nSPS) is 16.1. The fraction of sp³-hybridized carbons (Fsp3) is 0.333. The zero-order chi connectivity index (χ0) is 22.4. The van der Waals surface area contributed by atoms with Crippen molar-refractivity contribution in [2.24, 2.45) is 0 Å². The van der Waals surface area contributed by atoms with Crippen LogP contribution >= 0.6 is 0 Å². The van der Waals surface area contributed by atoms with Gasteiger partial charge in [-0.25, -0.2) is 9.97 Å². The van der Waals surface area contributed by atoms with Crippen LogP contribution in [0, 0.1) is 0 Å². The molecule has 168 valence electrons. The third-order valence-corrected chi connectivity index (χ3v) is 6.81. The van der Waals surface area contributed by atoms with Crippen LogP contribution in [0.15, 0.2) is 65.7 Å². The molecule has 0 fully saturated rings. The average molecular weight is 453 g/mol. The monoisotopic (exact) mass is 452 g/mol. The lowest BCUT2D eigenvalue weighted by molar-refractivity contribution is 0.289. The van der Waals surface area contributed by atoms with Crippen molar-refractivity contribution in [3.8, 4) is 11.3 Å². The number of hydrogen-bond acceptors (Lipinski definition) is 6. The van der Waals surface area contributed by atoms with E-state index in [0.717, 1.165) is 43.5 Å². The Labute approximate surface area is 189 Å². The number of pyridine rings is 2. The first kappa shape index (κ1) is 22.2. The first-order valence-corrected chi connectivity index (χ1v) is 12.5. The standard InChI is InChI=1S/C24H28N4O3S/c29-18-8-17-28-16-5-1-2-9-19-10-3-4-11-20(19)21-12-6-13-22(25-21)27-32(30,31)24-15-7-14-23(28)26-24/h3-4,6-7,10-15,29H,1-2,5,8-9,16-18H2,(H,25,27). The second-order valence-electron chi connectivity index (χ2n) is 7.88. The quantitative estimate of drug-likeness (QED) is 0.627. The van der Waals surface area contributed by atoms with Gasteiger partial charge in [0.1, 0.15) is 11.6 Å². The highest BCUT2D eigenvalue weighted by atomic mass is 32.2. The van der Waals surface area contributed by atoms with E-state index in [9.17, 15) is 13.5 Å². The molecule has 0 spiro atoms. The lowest BCUT2D eigenvalue weighted by atomic mass is 9.98. The van der Waals surface area contributed by atoms with E-state index in [1.54, 1.807) is 18.2 Å². The molecule has 0 saturated heterocycles. The molecule has 0 unspecified atom stereocenters. The summed E-state index contributed by atoms with van der Waals surface area (Å²) in [5.74, 6) is 0.856. The van der Waals surface area contributed by atoms with Gasteiger partial charge in [0, 0.05) is 25.3 Å². The van der Waals surface area contributed by atoms with Crippen LogP contribution in [0.4, 0.5) is 11.6 Å². The molecule has 1 aliphatic rings. The number of hydrogen-bond donors (Lipinski definition) is 2. The van der Waals surface area contributed by atoms with E-state index in [2.05, 4.69) is 20.8 Å². The summed E-state index contributed by atoms with van der Waals surface area (Å²) in [7, 11) is -3.91. The van der Waals surface area contributed by atoms with E-state index in [4.69, 9.17) is 0 Å². The Morgan fingerprint density at radius 3 is 2.66 bits per heavy atom. The molecule has 1 aromatic carbocycles. The molecule has 0 radical (unpaired) electrons. The summed E-state index contributed by atoms with van der Waals surface area (Å²) in [6.45, 7) is 1.45. The smallest absolute Gasteiger partial charge is 0.280 e. The molecular weight excluding hydrogens is 424 g/mol. The molecule has 0 aliphatic carbocycles. The topological polar surface area (TPSA) is 95.4 Å². The predicted octanol–water partition coefficient (Wildman–Crippen LogP) is 3.86. The predicted molar refractivity (Wildman–Crippen MR) is 126 cm³/mol. The first-order valence-electron chi connectivity index (χ1n) is 11.0. The molecule has 1 aliphatic heterocycles. The van der Waals surface area contributed by atoms with Gasteiger partial charge in [0.25, 0.3) is 10.0 Å². The molecule has 3 aromatic rings. The molecule has 32 heavy (non-hydrogen) atoms. The number of fused-ring (bicyclic) bond motifs is 6. The summed E-state index contributed by atoms with van der Waals surface area (Å²) in [5.41, 5.74) is 2.96. The largest absolute Gasteiger partial charge is 0.396 e. The highest BCUT2D eigenvalue weighted by Crippen LogP contribution is 2.26. The highest BCUT2D eigenvalue weighted by molar-refractivity contribution is 7.92. The first-order chi connectivity index (χ1) is 15.6. The lowest BCUT2D eigenvalue weighted by Gasteiger charge is -2.24. The molecule has 0 atom stereocenters. The molecular formula is C24H28N4O3S. The van der Waals surface area contributed by atoms with E-state index in [1.807, 2.05) is 35.2 Å². The third kappa shape index (κ3) is 5.26.